The Morgan fingerprint density at radius 2 is 2.19 bits per heavy atom. The Bertz CT molecular complexity index is 658. The minimum absolute atomic E-state index is 0.109. The first kappa shape index (κ1) is 15.7. The molecule has 0 spiro atoms. The van der Waals surface area contributed by atoms with Gasteiger partial charge in [0.15, 0.2) is 0 Å². The molecule has 0 aliphatic rings. The second kappa shape index (κ2) is 6.87. The van der Waals surface area contributed by atoms with E-state index in [0.717, 1.165) is 6.07 Å². The molecule has 1 aromatic carbocycles. The van der Waals surface area contributed by atoms with Crippen LogP contribution in [0.15, 0.2) is 34.8 Å². The number of halogens is 3. The van der Waals surface area contributed by atoms with Crippen LogP contribution in [0.4, 0.5) is 15.9 Å². The number of hydrogen-bond acceptors (Lipinski definition) is 3. The number of nitrogens with zero attached hydrogens (tertiary/aromatic N) is 1. The zero-order valence-electron chi connectivity index (χ0n) is 11.1. The van der Waals surface area contributed by atoms with Crippen LogP contribution in [0.2, 0.25) is 5.02 Å². The van der Waals surface area contributed by atoms with E-state index in [0.29, 0.717) is 22.5 Å². The van der Waals surface area contributed by atoms with Gasteiger partial charge in [-0.1, -0.05) is 17.7 Å². The van der Waals surface area contributed by atoms with Crippen LogP contribution in [-0.2, 0) is 0 Å². The molecule has 1 aromatic heterocycles. The summed E-state index contributed by atoms with van der Waals surface area (Å²) in [6.07, 6.45) is 0. The molecule has 4 nitrogen and oxygen atoms in total. The van der Waals surface area contributed by atoms with Gasteiger partial charge in [-0.15, -0.1) is 0 Å². The van der Waals surface area contributed by atoms with E-state index in [-0.39, 0.29) is 10.7 Å². The van der Waals surface area contributed by atoms with Crippen LogP contribution in [0.25, 0.3) is 0 Å². The van der Waals surface area contributed by atoms with E-state index in [1.165, 1.54) is 6.07 Å². The highest BCUT2D eigenvalue weighted by Gasteiger charge is 2.14. The van der Waals surface area contributed by atoms with Crippen LogP contribution in [-0.4, -0.2) is 17.4 Å². The fraction of sp³-hybridized carbons (Fsp3) is 0.143. The van der Waals surface area contributed by atoms with Gasteiger partial charge in [-0.05, 0) is 47.1 Å². The number of anilines is 2. The minimum atomic E-state index is -0.489. The molecule has 110 valence electrons. The molecule has 1 amide bonds. The van der Waals surface area contributed by atoms with E-state index in [4.69, 9.17) is 11.6 Å². The Morgan fingerprint density at radius 1 is 1.43 bits per heavy atom. The topological polar surface area (TPSA) is 54.0 Å². The van der Waals surface area contributed by atoms with Gasteiger partial charge in [-0.3, -0.25) is 4.79 Å². The van der Waals surface area contributed by atoms with Crippen molar-refractivity contribution < 1.29 is 9.18 Å². The van der Waals surface area contributed by atoms with Gasteiger partial charge >= 0.3 is 0 Å². The summed E-state index contributed by atoms with van der Waals surface area (Å²) < 4.78 is 13.5. The molecule has 0 aliphatic heterocycles. The second-order valence-electron chi connectivity index (χ2n) is 4.14. The zero-order valence-corrected chi connectivity index (χ0v) is 13.4. The SMILES string of the molecule is CCNc1cccc(C(=O)Nc2c(Cl)cc(F)cc2Br)n1. The fourth-order valence-corrected chi connectivity index (χ4v) is 2.58. The first-order valence-corrected chi connectivity index (χ1v) is 7.35. The molecule has 1 heterocycles. The molecule has 0 aliphatic carbocycles. The van der Waals surface area contributed by atoms with E-state index < -0.39 is 11.7 Å². The van der Waals surface area contributed by atoms with Crippen LogP contribution in [0, 0.1) is 5.82 Å². The van der Waals surface area contributed by atoms with Crippen molar-refractivity contribution in [2.24, 2.45) is 0 Å². The van der Waals surface area contributed by atoms with Gasteiger partial charge in [0.25, 0.3) is 5.91 Å². The van der Waals surface area contributed by atoms with Gasteiger partial charge in [0.2, 0.25) is 0 Å². The van der Waals surface area contributed by atoms with Gasteiger partial charge in [0, 0.05) is 11.0 Å². The van der Waals surface area contributed by atoms with E-state index in [9.17, 15) is 9.18 Å². The Kier molecular flexibility index (Phi) is 5.14. The fourth-order valence-electron chi connectivity index (χ4n) is 1.68. The van der Waals surface area contributed by atoms with E-state index in [2.05, 4.69) is 31.5 Å². The van der Waals surface area contributed by atoms with Crippen LogP contribution in [0.3, 0.4) is 0 Å². The Morgan fingerprint density at radius 3 is 2.86 bits per heavy atom. The first-order chi connectivity index (χ1) is 10.0. The number of benzene rings is 1. The third kappa shape index (κ3) is 3.92. The lowest BCUT2D eigenvalue weighted by Crippen LogP contribution is -2.15. The lowest BCUT2D eigenvalue weighted by Gasteiger charge is -2.10. The summed E-state index contributed by atoms with van der Waals surface area (Å²) in [6.45, 7) is 2.64. The van der Waals surface area contributed by atoms with Crippen molar-refractivity contribution >= 4 is 44.9 Å². The average molecular weight is 373 g/mol. The molecule has 7 heteroatoms. The molecular weight excluding hydrogens is 361 g/mol. The van der Waals surface area contributed by atoms with E-state index in [1.807, 2.05) is 6.92 Å². The molecule has 0 fully saturated rings. The summed E-state index contributed by atoms with van der Waals surface area (Å²) in [4.78, 5) is 16.4. The zero-order chi connectivity index (χ0) is 15.4. The summed E-state index contributed by atoms with van der Waals surface area (Å²) in [5.41, 5.74) is 0.541. The molecule has 0 saturated heterocycles. The van der Waals surface area contributed by atoms with Gasteiger partial charge in [-0.25, -0.2) is 9.37 Å². The summed E-state index contributed by atoms with van der Waals surface area (Å²) in [5.74, 6) is -0.310. The van der Waals surface area contributed by atoms with Crippen molar-refractivity contribution in [1.82, 2.24) is 4.98 Å². The smallest absolute Gasteiger partial charge is 0.274 e. The lowest BCUT2D eigenvalue weighted by atomic mass is 10.2. The van der Waals surface area contributed by atoms with Gasteiger partial charge < -0.3 is 10.6 Å². The van der Waals surface area contributed by atoms with E-state index >= 15 is 0 Å². The van der Waals surface area contributed by atoms with Gasteiger partial charge in [0.05, 0.1) is 10.7 Å². The Hall–Kier alpha value is -1.66. The Balaban J connectivity index is 2.24. The quantitative estimate of drug-likeness (QED) is 0.840. The summed E-state index contributed by atoms with van der Waals surface area (Å²) in [7, 11) is 0. The number of aromatic nitrogens is 1. The van der Waals surface area contributed by atoms with Crippen LogP contribution in [0.5, 0.6) is 0 Å². The highest BCUT2D eigenvalue weighted by molar-refractivity contribution is 9.10. The normalized spacial score (nSPS) is 10.3. The van der Waals surface area contributed by atoms with Crippen molar-refractivity contribution in [1.29, 1.82) is 0 Å². The molecule has 2 aromatic rings. The second-order valence-corrected chi connectivity index (χ2v) is 5.40. The Labute approximate surface area is 134 Å². The van der Waals surface area contributed by atoms with Crippen molar-refractivity contribution in [3.63, 3.8) is 0 Å². The number of rotatable bonds is 4. The average Bonchev–Trinajstić information content (AvgIpc) is 2.43. The predicted octanol–water partition coefficient (Wildman–Crippen LogP) is 4.32. The van der Waals surface area contributed by atoms with Crippen LogP contribution >= 0.6 is 27.5 Å². The van der Waals surface area contributed by atoms with Crippen LogP contribution in [0.1, 0.15) is 17.4 Å². The summed E-state index contributed by atoms with van der Waals surface area (Å²) in [5, 5.41) is 5.75. The summed E-state index contributed by atoms with van der Waals surface area (Å²) >= 11 is 9.10. The summed E-state index contributed by atoms with van der Waals surface area (Å²) in [6, 6.07) is 7.43. The van der Waals surface area contributed by atoms with Crippen LogP contribution < -0.4 is 10.6 Å². The maximum atomic E-state index is 13.2. The highest BCUT2D eigenvalue weighted by atomic mass is 79.9. The third-order valence-electron chi connectivity index (χ3n) is 2.59. The maximum absolute atomic E-state index is 13.2. The molecule has 0 atom stereocenters. The maximum Gasteiger partial charge on any atom is 0.274 e. The van der Waals surface area contributed by atoms with Crippen molar-refractivity contribution in [3.8, 4) is 0 Å². The van der Waals surface area contributed by atoms with Crippen molar-refractivity contribution in [2.45, 2.75) is 6.92 Å². The predicted molar refractivity (Wildman–Crippen MR) is 85.5 cm³/mol. The number of carbonyl (C=O) groups is 1. The first-order valence-electron chi connectivity index (χ1n) is 6.18. The molecule has 0 saturated carbocycles. The molecule has 0 unspecified atom stereocenters. The van der Waals surface area contributed by atoms with Crippen molar-refractivity contribution in [2.75, 3.05) is 17.2 Å². The third-order valence-corrected chi connectivity index (χ3v) is 3.51. The number of hydrogen-bond donors (Lipinski definition) is 2. The van der Waals surface area contributed by atoms with Gasteiger partial charge in [0.1, 0.15) is 17.3 Å². The monoisotopic (exact) mass is 371 g/mol. The number of carbonyl (C=O) groups excluding carboxylic acids is 1. The molecule has 2 rings (SSSR count). The minimum Gasteiger partial charge on any atom is -0.370 e. The number of nitrogens with one attached hydrogen (secondary N) is 2. The number of pyridine rings is 1. The molecule has 0 bridgehead atoms. The highest BCUT2D eigenvalue weighted by Crippen LogP contribution is 2.31. The van der Waals surface area contributed by atoms with Gasteiger partial charge in [-0.2, -0.15) is 0 Å². The lowest BCUT2D eigenvalue weighted by molar-refractivity contribution is 0.102. The van der Waals surface area contributed by atoms with Crippen molar-refractivity contribution in [3.05, 3.63) is 51.3 Å². The largest absolute Gasteiger partial charge is 0.370 e. The van der Waals surface area contributed by atoms with E-state index in [1.54, 1.807) is 18.2 Å². The molecule has 21 heavy (non-hydrogen) atoms. The standard InChI is InChI=1S/C14H12BrClFN3O/c1-2-18-12-5-3-4-11(19-12)14(21)20-13-9(15)6-8(17)7-10(13)16/h3-7H,2H2,1H3,(H,18,19)(H,20,21). The molecule has 2 N–H and O–H groups in total. The molecule has 0 radical (unpaired) electrons. The number of amides is 1. The molecular formula is C14H12BrClFN3O.